The molecular weight excluding hydrogens is 258 g/mol. The highest BCUT2D eigenvalue weighted by atomic mass is 35.5. The van der Waals surface area contributed by atoms with Crippen LogP contribution in [0.4, 0.5) is 5.95 Å². The van der Waals surface area contributed by atoms with Crippen LogP contribution in [0.25, 0.3) is 5.69 Å². The molecular formula is C15H18ClN3. The Kier molecular flexibility index (Phi) is 3.47. The predicted octanol–water partition coefficient (Wildman–Crippen LogP) is 4.19. The summed E-state index contributed by atoms with van der Waals surface area (Å²) in [7, 11) is 0. The lowest BCUT2D eigenvalue weighted by molar-refractivity contribution is 0.740. The van der Waals surface area contributed by atoms with E-state index in [1.54, 1.807) is 0 Å². The summed E-state index contributed by atoms with van der Waals surface area (Å²) in [6.45, 7) is 2.01. The van der Waals surface area contributed by atoms with Gasteiger partial charge in [0, 0.05) is 22.9 Å². The summed E-state index contributed by atoms with van der Waals surface area (Å²) < 4.78 is 2.08. The first-order valence-corrected chi connectivity index (χ1v) is 7.18. The second kappa shape index (κ2) is 5.25. The molecule has 0 radical (unpaired) electrons. The Bertz CT molecular complexity index is 571. The van der Waals surface area contributed by atoms with Gasteiger partial charge in [0.1, 0.15) is 0 Å². The van der Waals surface area contributed by atoms with E-state index < -0.39 is 0 Å². The molecule has 2 aromatic rings. The Morgan fingerprint density at radius 2 is 2.11 bits per heavy atom. The van der Waals surface area contributed by atoms with E-state index in [1.807, 2.05) is 37.4 Å². The molecule has 0 amide bonds. The molecule has 1 heterocycles. The highest BCUT2D eigenvalue weighted by Crippen LogP contribution is 2.24. The first-order chi connectivity index (χ1) is 9.22. The Balaban J connectivity index is 1.92. The van der Waals surface area contributed by atoms with Crippen molar-refractivity contribution in [3.05, 3.63) is 41.2 Å². The predicted molar refractivity (Wildman–Crippen MR) is 79.2 cm³/mol. The van der Waals surface area contributed by atoms with Gasteiger partial charge in [-0.05, 0) is 38.0 Å². The van der Waals surface area contributed by atoms with Gasteiger partial charge in [-0.3, -0.25) is 4.57 Å². The molecule has 0 spiro atoms. The summed E-state index contributed by atoms with van der Waals surface area (Å²) in [6, 6.07) is 8.42. The van der Waals surface area contributed by atoms with Crippen LogP contribution in [-0.2, 0) is 0 Å². The molecule has 1 aliphatic carbocycles. The van der Waals surface area contributed by atoms with Crippen LogP contribution in [0, 0.1) is 6.92 Å². The maximum Gasteiger partial charge on any atom is 0.207 e. The van der Waals surface area contributed by atoms with Crippen molar-refractivity contribution in [1.82, 2.24) is 9.55 Å². The van der Waals surface area contributed by atoms with Crippen LogP contribution in [0.3, 0.4) is 0 Å². The molecule has 4 heteroatoms. The summed E-state index contributed by atoms with van der Waals surface area (Å²) >= 11 is 6.07. The maximum absolute atomic E-state index is 6.07. The van der Waals surface area contributed by atoms with Gasteiger partial charge in [-0.25, -0.2) is 4.98 Å². The van der Waals surface area contributed by atoms with Gasteiger partial charge < -0.3 is 5.32 Å². The van der Waals surface area contributed by atoms with Gasteiger partial charge in [0.15, 0.2) is 0 Å². The zero-order valence-electron chi connectivity index (χ0n) is 11.1. The van der Waals surface area contributed by atoms with Crippen LogP contribution in [0.5, 0.6) is 0 Å². The van der Waals surface area contributed by atoms with Gasteiger partial charge in [-0.15, -0.1) is 0 Å². The second-order valence-corrected chi connectivity index (χ2v) is 5.62. The molecule has 3 rings (SSSR count). The number of benzene rings is 1. The highest BCUT2D eigenvalue weighted by molar-refractivity contribution is 6.30. The van der Waals surface area contributed by atoms with Crippen LogP contribution in [0.15, 0.2) is 30.5 Å². The molecule has 1 fully saturated rings. The largest absolute Gasteiger partial charge is 0.353 e. The van der Waals surface area contributed by atoms with E-state index >= 15 is 0 Å². The molecule has 1 aromatic carbocycles. The van der Waals surface area contributed by atoms with Gasteiger partial charge in [0.05, 0.1) is 5.69 Å². The minimum absolute atomic E-state index is 0.555. The summed E-state index contributed by atoms with van der Waals surface area (Å²) in [6.07, 6.45) is 7.15. The molecule has 0 unspecified atom stereocenters. The van der Waals surface area contributed by atoms with Crippen molar-refractivity contribution in [3.8, 4) is 5.69 Å². The van der Waals surface area contributed by atoms with Crippen molar-refractivity contribution in [2.24, 2.45) is 0 Å². The molecule has 0 bridgehead atoms. The Labute approximate surface area is 118 Å². The number of imidazole rings is 1. The first-order valence-electron chi connectivity index (χ1n) is 6.81. The standard InChI is InChI=1S/C15H18ClN3/c1-11-10-19(14-8-4-5-12(16)9-14)15(17-11)18-13-6-2-3-7-13/h4-5,8-10,13H,2-3,6-7H2,1H3,(H,17,18). The zero-order valence-corrected chi connectivity index (χ0v) is 11.8. The number of rotatable bonds is 3. The van der Waals surface area contributed by atoms with E-state index in [0.717, 1.165) is 22.4 Å². The fourth-order valence-corrected chi connectivity index (χ4v) is 2.86. The number of anilines is 1. The average Bonchev–Trinajstić information content (AvgIpc) is 3.00. The van der Waals surface area contributed by atoms with E-state index in [1.165, 1.54) is 25.7 Å². The van der Waals surface area contributed by atoms with Gasteiger partial charge in [0.2, 0.25) is 5.95 Å². The lowest BCUT2D eigenvalue weighted by Crippen LogP contribution is -2.17. The fraction of sp³-hybridized carbons (Fsp3) is 0.400. The second-order valence-electron chi connectivity index (χ2n) is 5.18. The quantitative estimate of drug-likeness (QED) is 0.910. The number of hydrogen-bond donors (Lipinski definition) is 1. The third kappa shape index (κ3) is 2.76. The van der Waals surface area contributed by atoms with E-state index in [4.69, 9.17) is 11.6 Å². The highest BCUT2D eigenvalue weighted by Gasteiger charge is 2.17. The third-order valence-corrected chi connectivity index (χ3v) is 3.84. The molecule has 1 aromatic heterocycles. The minimum Gasteiger partial charge on any atom is -0.353 e. The summed E-state index contributed by atoms with van der Waals surface area (Å²) in [4.78, 5) is 4.59. The van der Waals surface area contributed by atoms with E-state index in [0.29, 0.717) is 6.04 Å². The first kappa shape index (κ1) is 12.5. The van der Waals surface area contributed by atoms with Crippen molar-refractivity contribution in [1.29, 1.82) is 0 Å². The Morgan fingerprint density at radius 1 is 1.32 bits per heavy atom. The van der Waals surface area contributed by atoms with E-state index in [9.17, 15) is 0 Å². The smallest absolute Gasteiger partial charge is 0.207 e. The summed E-state index contributed by atoms with van der Waals surface area (Å²) in [5.74, 6) is 0.923. The van der Waals surface area contributed by atoms with Gasteiger partial charge in [0.25, 0.3) is 0 Å². The van der Waals surface area contributed by atoms with Crippen LogP contribution in [0.1, 0.15) is 31.4 Å². The van der Waals surface area contributed by atoms with Crippen LogP contribution in [0.2, 0.25) is 5.02 Å². The maximum atomic E-state index is 6.07. The van der Waals surface area contributed by atoms with Crippen molar-refractivity contribution in [2.45, 2.75) is 38.6 Å². The van der Waals surface area contributed by atoms with Crippen LogP contribution in [-0.4, -0.2) is 15.6 Å². The number of aryl methyl sites for hydroxylation is 1. The molecule has 3 nitrogen and oxygen atoms in total. The molecule has 0 aliphatic heterocycles. The van der Waals surface area contributed by atoms with Crippen molar-refractivity contribution in [3.63, 3.8) is 0 Å². The molecule has 1 saturated carbocycles. The molecule has 1 N–H and O–H groups in total. The SMILES string of the molecule is Cc1cn(-c2cccc(Cl)c2)c(NC2CCCC2)n1. The zero-order chi connectivity index (χ0) is 13.2. The molecule has 0 saturated heterocycles. The topological polar surface area (TPSA) is 29.9 Å². The van der Waals surface area contributed by atoms with Crippen molar-refractivity contribution in [2.75, 3.05) is 5.32 Å². The fourth-order valence-electron chi connectivity index (χ4n) is 2.68. The van der Waals surface area contributed by atoms with Crippen molar-refractivity contribution >= 4 is 17.5 Å². The monoisotopic (exact) mass is 275 g/mol. The van der Waals surface area contributed by atoms with E-state index in [-0.39, 0.29) is 0 Å². The number of nitrogens with zero attached hydrogens (tertiary/aromatic N) is 2. The van der Waals surface area contributed by atoms with E-state index in [2.05, 4.69) is 14.9 Å². The minimum atomic E-state index is 0.555. The normalized spacial score (nSPS) is 15.9. The average molecular weight is 276 g/mol. The Hall–Kier alpha value is -1.48. The number of hydrogen-bond acceptors (Lipinski definition) is 2. The van der Waals surface area contributed by atoms with Gasteiger partial charge in [-0.2, -0.15) is 0 Å². The number of nitrogens with one attached hydrogen (secondary N) is 1. The lowest BCUT2D eigenvalue weighted by Gasteiger charge is -2.14. The molecule has 100 valence electrons. The molecule has 0 atom stereocenters. The lowest BCUT2D eigenvalue weighted by atomic mass is 10.2. The van der Waals surface area contributed by atoms with Gasteiger partial charge >= 0.3 is 0 Å². The van der Waals surface area contributed by atoms with Crippen molar-refractivity contribution < 1.29 is 0 Å². The van der Waals surface area contributed by atoms with Crippen LogP contribution < -0.4 is 5.32 Å². The summed E-state index contributed by atoms with van der Waals surface area (Å²) in [5.41, 5.74) is 2.06. The number of aromatic nitrogens is 2. The molecule has 1 aliphatic rings. The van der Waals surface area contributed by atoms with Gasteiger partial charge in [-0.1, -0.05) is 30.5 Å². The third-order valence-electron chi connectivity index (χ3n) is 3.60. The number of halogens is 1. The molecule has 19 heavy (non-hydrogen) atoms. The Morgan fingerprint density at radius 3 is 2.84 bits per heavy atom. The van der Waals surface area contributed by atoms with Crippen LogP contribution >= 0.6 is 11.6 Å². The summed E-state index contributed by atoms with van der Waals surface area (Å²) in [5, 5.41) is 4.30.